The molecule has 0 aliphatic carbocycles. The number of rotatable bonds is 3. The Bertz CT molecular complexity index is 1220. The number of benzene rings is 1. The Morgan fingerprint density at radius 3 is 2.42 bits per heavy atom. The summed E-state index contributed by atoms with van der Waals surface area (Å²) in [7, 11) is 0. The van der Waals surface area contributed by atoms with Gasteiger partial charge in [0.25, 0.3) is 0 Å². The fourth-order valence-electron chi connectivity index (χ4n) is 3.33. The molecule has 26 heavy (non-hydrogen) atoms. The summed E-state index contributed by atoms with van der Waals surface area (Å²) < 4.78 is 3.76. The van der Waals surface area contributed by atoms with E-state index in [9.17, 15) is 0 Å². The van der Waals surface area contributed by atoms with Crippen LogP contribution in [0.3, 0.4) is 0 Å². The number of fused-ring (bicyclic) bond motifs is 4. The summed E-state index contributed by atoms with van der Waals surface area (Å²) in [5.41, 5.74) is 4.04. The Morgan fingerprint density at radius 2 is 1.58 bits per heavy atom. The van der Waals surface area contributed by atoms with Gasteiger partial charge in [-0.05, 0) is 36.9 Å². The number of hydrogen-bond acceptors (Lipinski definition) is 4. The van der Waals surface area contributed by atoms with Crippen LogP contribution in [0.15, 0.2) is 48.7 Å². The quantitative estimate of drug-likeness (QED) is 0.505. The van der Waals surface area contributed by atoms with Gasteiger partial charge in [0.15, 0.2) is 22.9 Å². The molecule has 0 aliphatic heterocycles. The SMILES string of the molecule is Cc1ccc(C)n2nc(CCc3nc4c5ccccc5ccn4n3)nc12. The topological polar surface area (TPSA) is 60.4 Å². The molecule has 0 atom stereocenters. The van der Waals surface area contributed by atoms with E-state index in [1.54, 1.807) is 0 Å². The fraction of sp³-hybridized carbons (Fsp3) is 0.200. The summed E-state index contributed by atoms with van der Waals surface area (Å²) in [5.74, 6) is 1.64. The van der Waals surface area contributed by atoms with Gasteiger partial charge in [0, 0.05) is 30.1 Å². The van der Waals surface area contributed by atoms with E-state index in [4.69, 9.17) is 4.98 Å². The molecule has 1 aromatic carbocycles. The van der Waals surface area contributed by atoms with Crippen LogP contribution in [0.2, 0.25) is 0 Å². The summed E-state index contributed by atoms with van der Waals surface area (Å²) in [5, 5.41) is 11.5. The standard InChI is InChI=1S/C20H18N6/c1-13-7-8-14(2)26-19(13)21-18(24-26)10-9-17-22-20-16-6-4-3-5-15(16)11-12-25(20)23-17/h3-8,11-12H,9-10H2,1-2H3. The van der Waals surface area contributed by atoms with Crippen molar-refractivity contribution < 1.29 is 0 Å². The lowest BCUT2D eigenvalue weighted by Gasteiger charge is -1.98. The molecule has 4 aromatic heterocycles. The fourth-order valence-corrected chi connectivity index (χ4v) is 3.33. The highest BCUT2D eigenvalue weighted by atomic mass is 15.3. The molecule has 4 heterocycles. The maximum Gasteiger partial charge on any atom is 0.163 e. The van der Waals surface area contributed by atoms with Gasteiger partial charge in [-0.25, -0.2) is 19.0 Å². The second-order valence-electron chi connectivity index (χ2n) is 6.62. The lowest BCUT2D eigenvalue weighted by Crippen LogP contribution is -1.98. The van der Waals surface area contributed by atoms with E-state index in [-0.39, 0.29) is 0 Å². The molecule has 0 amide bonds. The second-order valence-corrected chi connectivity index (χ2v) is 6.62. The summed E-state index contributed by atoms with van der Waals surface area (Å²) in [6.45, 7) is 4.10. The van der Waals surface area contributed by atoms with E-state index in [1.165, 1.54) is 5.39 Å². The second kappa shape index (κ2) is 5.62. The molecule has 6 nitrogen and oxygen atoms in total. The minimum atomic E-state index is 0.713. The predicted molar refractivity (Wildman–Crippen MR) is 100 cm³/mol. The highest BCUT2D eigenvalue weighted by Crippen LogP contribution is 2.18. The highest BCUT2D eigenvalue weighted by Gasteiger charge is 2.11. The van der Waals surface area contributed by atoms with E-state index in [2.05, 4.69) is 52.4 Å². The van der Waals surface area contributed by atoms with Crippen LogP contribution in [-0.4, -0.2) is 29.2 Å². The molecule has 0 unspecified atom stereocenters. The summed E-state index contributed by atoms with van der Waals surface area (Å²) >= 11 is 0. The van der Waals surface area contributed by atoms with Crippen LogP contribution in [0, 0.1) is 13.8 Å². The van der Waals surface area contributed by atoms with Crippen molar-refractivity contribution in [3.63, 3.8) is 0 Å². The van der Waals surface area contributed by atoms with E-state index < -0.39 is 0 Å². The molecule has 6 heteroatoms. The van der Waals surface area contributed by atoms with Crippen molar-refractivity contribution in [1.82, 2.24) is 29.2 Å². The average molecular weight is 342 g/mol. The van der Waals surface area contributed by atoms with Crippen LogP contribution in [0.5, 0.6) is 0 Å². The average Bonchev–Trinajstić information content (AvgIpc) is 3.28. The third-order valence-electron chi connectivity index (χ3n) is 4.76. The Labute approximate surface area is 150 Å². The van der Waals surface area contributed by atoms with Crippen LogP contribution >= 0.6 is 0 Å². The molecule has 5 rings (SSSR count). The Kier molecular flexibility index (Phi) is 3.25. The molecule has 0 saturated carbocycles. The van der Waals surface area contributed by atoms with Gasteiger partial charge < -0.3 is 0 Å². The smallest absolute Gasteiger partial charge is 0.163 e. The van der Waals surface area contributed by atoms with Gasteiger partial charge in [0.1, 0.15) is 0 Å². The van der Waals surface area contributed by atoms with Gasteiger partial charge in [-0.1, -0.05) is 30.3 Å². The maximum absolute atomic E-state index is 4.73. The lowest BCUT2D eigenvalue weighted by atomic mass is 10.2. The van der Waals surface area contributed by atoms with Gasteiger partial charge in [-0.15, -0.1) is 0 Å². The Balaban J connectivity index is 1.47. The minimum Gasteiger partial charge on any atom is -0.220 e. The molecule has 0 aliphatic rings. The number of aryl methyl sites for hydroxylation is 4. The highest BCUT2D eigenvalue weighted by molar-refractivity contribution is 5.93. The largest absolute Gasteiger partial charge is 0.220 e. The lowest BCUT2D eigenvalue weighted by molar-refractivity contribution is 0.783. The van der Waals surface area contributed by atoms with Crippen molar-refractivity contribution in [2.45, 2.75) is 26.7 Å². The Morgan fingerprint density at radius 1 is 0.808 bits per heavy atom. The monoisotopic (exact) mass is 342 g/mol. The first-order chi connectivity index (χ1) is 12.7. The molecule has 0 spiro atoms. The molecule has 0 saturated heterocycles. The van der Waals surface area contributed by atoms with E-state index in [0.29, 0.717) is 6.42 Å². The first kappa shape index (κ1) is 15.0. The number of nitrogens with zero attached hydrogens (tertiary/aromatic N) is 6. The van der Waals surface area contributed by atoms with Gasteiger partial charge >= 0.3 is 0 Å². The summed E-state index contributed by atoms with van der Waals surface area (Å²) in [6.07, 6.45) is 3.39. The van der Waals surface area contributed by atoms with Gasteiger partial charge in [0.2, 0.25) is 0 Å². The van der Waals surface area contributed by atoms with Crippen molar-refractivity contribution >= 4 is 22.1 Å². The van der Waals surface area contributed by atoms with E-state index >= 15 is 0 Å². The van der Waals surface area contributed by atoms with Gasteiger partial charge in [0.05, 0.1) is 0 Å². The van der Waals surface area contributed by atoms with Crippen LogP contribution in [0.1, 0.15) is 22.9 Å². The molecule has 0 radical (unpaired) electrons. The van der Waals surface area contributed by atoms with Crippen LogP contribution < -0.4 is 0 Å². The molecule has 0 N–H and O–H groups in total. The molecule has 5 aromatic rings. The summed E-state index contributed by atoms with van der Waals surface area (Å²) in [6, 6.07) is 14.5. The molecular weight excluding hydrogens is 324 g/mol. The molecular formula is C20H18N6. The van der Waals surface area contributed by atoms with Crippen molar-refractivity contribution in [3.05, 3.63) is 71.6 Å². The zero-order chi connectivity index (χ0) is 17.7. The first-order valence-corrected chi connectivity index (χ1v) is 8.74. The molecule has 0 fully saturated rings. The zero-order valence-electron chi connectivity index (χ0n) is 14.7. The van der Waals surface area contributed by atoms with Crippen molar-refractivity contribution in [2.24, 2.45) is 0 Å². The van der Waals surface area contributed by atoms with Gasteiger partial charge in [-0.3, -0.25) is 0 Å². The summed E-state index contributed by atoms with van der Waals surface area (Å²) in [4.78, 5) is 9.42. The first-order valence-electron chi connectivity index (χ1n) is 8.74. The van der Waals surface area contributed by atoms with Crippen molar-refractivity contribution in [1.29, 1.82) is 0 Å². The predicted octanol–water partition coefficient (Wildman–Crippen LogP) is 3.33. The van der Waals surface area contributed by atoms with E-state index in [1.807, 2.05) is 34.3 Å². The van der Waals surface area contributed by atoms with Gasteiger partial charge in [-0.2, -0.15) is 10.2 Å². The molecule has 0 bridgehead atoms. The number of hydrogen-bond donors (Lipinski definition) is 0. The van der Waals surface area contributed by atoms with Crippen LogP contribution in [0.4, 0.5) is 0 Å². The normalized spacial score (nSPS) is 11.8. The number of aromatic nitrogens is 6. The van der Waals surface area contributed by atoms with Crippen LogP contribution in [0.25, 0.3) is 22.1 Å². The third-order valence-corrected chi connectivity index (χ3v) is 4.76. The Hall–Kier alpha value is -3.28. The van der Waals surface area contributed by atoms with Crippen LogP contribution in [-0.2, 0) is 12.8 Å². The minimum absolute atomic E-state index is 0.713. The van der Waals surface area contributed by atoms with E-state index in [0.717, 1.165) is 46.0 Å². The van der Waals surface area contributed by atoms with Crippen molar-refractivity contribution in [3.8, 4) is 0 Å². The third kappa shape index (κ3) is 2.34. The number of pyridine rings is 2. The molecule has 128 valence electrons. The maximum atomic E-state index is 4.73. The zero-order valence-corrected chi connectivity index (χ0v) is 14.7. The van der Waals surface area contributed by atoms with Crippen molar-refractivity contribution in [2.75, 3.05) is 0 Å².